The number of phenols is 1. The molecule has 2 aromatic heterocycles. The van der Waals surface area contributed by atoms with Crippen molar-refractivity contribution in [1.29, 1.82) is 0 Å². The molecule has 2 aliphatic rings. The van der Waals surface area contributed by atoms with Crippen LogP contribution in [0.5, 0.6) is 5.75 Å². The molecule has 0 atom stereocenters. The van der Waals surface area contributed by atoms with Gasteiger partial charge in [-0.25, -0.2) is 4.98 Å². The van der Waals surface area contributed by atoms with Crippen LogP contribution in [0.15, 0.2) is 47.5 Å². The van der Waals surface area contributed by atoms with Crippen LogP contribution in [-0.2, 0) is 26.1 Å². The number of phenolic OH excluding ortho intramolecular Hbond substituents is 1. The molecule has 1 aromatic carbocycles. The van der Waals surface area contributed by atoms with Gasteiger partial charge in [0.05, 0.1) is 5.69 Å². The summed E-state index contributed by atoms with van der Waals surface area (Å²) >= 11 is 0. The van der Waals surface area contributed by atoms with Gasteiger partial charge in [-0.1, -0.05) is 6.07 Å². The predicted octanol–water partition coefficient (Wildman–Crippen LogP) is 1.84. The summed E-state index contributed by atoms with van der Waals surface area (Å²) in [6.45, 7) is 7.10. The molecule has 2 N–H and O–H groups in total. The van der Waals surface area contributed by atoms with E-state index in [1.165, 1.54) is 0 Å². The highest BCUT2D eigenvalue weighted by atomic mass is 16.3. The lowest BCUT2D eigenvalue weighted by Crippen LogP contribution is -2.43. The Balaban J connectivity index is 1.30. The van der Waals surface area contributed by atoms with Crippen molar-refractivity contribution < 1.29 is 5.11 Å². The van der Waals surface area contributed by atoms with Crippen LogP contribution in [0, 0.1) is 0 Å². The van der Waals surface area contributed by atoms with Gasteiger partial charge in [0, 0.05) is 81.4 Å². The molecule has 8 nitrogen and oxygen atoms in total. The molecule has 33 heavy (non-hydrogen) atoms. The largest absolute Gasteiger partial charge is 0.508 e. The smallest absolute Gasteiger partial charge is 0.254 e. The number of fused-ring (bicyclic) bond motifs is 1. The molecule has 1 fully saturated rings. The summed E-state index contributed by atoms with van der Waals surface area (Å²) < 4.78 is 0. The van der Waals surface area contributed by atoms with Crippen LogP contribution in [0.1, 0.15) is 22.4 Å². The molecule has 0 amide bonds. The Hall–Kier alpha value is -3.07. The van der Waals surface area contributed by atoms with Gasteiger partial charge in [-0.15, -0.1) is 0 Å². The van der Waals surface area contributed by atoms with Gasteiger partial charge >= 0.3 is 0 Å². The van der Waals surface area contributed by atoms with Crippen LogP contribution < -0.4 is 5.56 Å². The molecule has 0 spiro atoms. The maximum Gasteiger partial charge on any atom is 0.254 e. The number of aromatic hydroxyl groups is 1. The van der Waals surface area contributed by atoms with E-state index in [0.29, 0.717) is 24.5 Å². The van der Waals surface area contributed by atoms with E-state index in [0.717, 1.165) is 73.8 Å². The molecule has 0 aliphatic carbocycles. The number of piperazine rings is 1. The van der Waals surface area contributed by atoms with Crippen molar-refractivity contribution in [2.45, 2.75) is 26.1 Å². The van der Waals surface area contributed by atoms with Gasteiger partial charge in [-0.2, -0.15) is 0 Å². The molecule has 1 saturated heterocycles. The van der Waals surface area contributed by atoms with Gasteiger partial charge in [0.15, 0.2) is 0 Å². The quantitative estimate of drug-likeness (QED) is 0.618. The first-order valence-corrected chi connectivity index (χ1v) is 11.5. The van der Waals surface area contributed by atoms with Gasteiger partial charge in [0.2, 0.25) is 0 Å². The van der Waals surface area contributed by atoms with Crippen LogP contribution in [-0.4, -0.2) is 74.5 Å². The summed E-state index contributed by atoms with van der Waals surface area (Å²) in [5.74, 6) is 0.920. The van der Waals surface area contributed by atoms with Gasteiger partial charge in [-0.3, -0.25) is 19.6 Å². The number of rotatable bonds is 5. The summed E-state index contributed by atoms with van der Waals surface area (Å²) in [5, 5.41) is 10.4. The Morgan fingerprint density at radius 1 is 1.06 bits per heavy atom. The number of pyridine rings is 1. The first-order chi connectivity index (χ1) is 16.0. The lowest BCUT2D eigenvalue weighted by Gasteiger charge is -2.32. The van der Waals surface area contributed by atoms with E-state index < -0.39 is 0 Å². The summed E-state index contributed by atoms with van der Waals surface area (Å²) in [4.78, 5) is 31.5. The maximum atomic E-state index is 12.6. The topological polar surface area (TPSA) is 88.6 Å². The average Bonchev–Trinajstić information content (AvgIpc) is 2.83. The molecule has 8 heteroatoms. The lowest BCUT2D eigenvalue weighted by atomic mass is 10.0. The Morgan fingerprint density at radius 3 is 2.70 bits per heavy atom. The molecule has 0 saturated carbocycles. The van der Waals surface area contributed by atoms with E-state index in [1.807, 2.05) is 24.3 Å². The minimum atomic E-state index is -0.0578. The monoisotopic (exact) mass is 446 g/mol. The highest BCUT2D eigenvalue weighted by Gasteiger charge is 2.22. The fourth-order valence-electron chi connectivity index (χ4n) is 4.64. The minimum absolute atomic E-state index is 0.0578. The van der Waals surface area contributed by atoms with Crippen LogP contribution in [0.25, 0.3) is 11.4 Å². The Kier molecular flexibility index (Phi) is 6.22. The first kappa shape index (κ1) is 21.8. The van der Waals surface area contributed by atoms with Crippen molar-refractivity contribution in [2.75, 3.05) is 39.8 Å². The van der Waals surface area contributed by atoms with E-state index in [4.69, 9.17) is 4.98 Å². The lowest BCUT2D eigenvalue weighted by molar-refractivity contribution is 0.147. The third-order valence-corrected chi connectivity index (χ3v) is 6.63. The molecule has 0 radical (unpaired) electrons. The molecular formula is C25H30N6O2. The van der Waals surface area contributed by atoms with E-state index in [9.17, 15) is 9.90 Å². The van der Waals surface area contributed by atoms with Crippen molar-refractivity contribution in [1.82, 2.24) is 29.7 Å². The van der Waals surface area contributed by atoms with Crippen molar-refractivity contribution in [3.8, 4) is 17.1 Å². The standard InChI is InChI=1S/C25H30N6O2/c1-29-9-11-30(12-10-29)16-20-13-18(4-5-23(20)32)15-31-8-6-21-22(17-31)27-24(28-25(21)33)19-3-2-7-26-14-19/h2-5,7,13-14,32H,6,8-12,15-17H2,1H3,(H,27,28,33). The number of hydrogen-bond donors (Lipinski definition) is 2. The van der Waals surface area contributed by atoms with E-state index in [1.54, 1.807) is 12.4 Å². The number of benzene rings is 1. The molecule has 172 valence electrons. The molecule has 4 heterocycles. The SMILES string of the molecule is CN1CCN(Cc2cc(CN3CCc4c(nc(-c5cccnc5)[nH]c4=O)C3)ccc2O)CC1. The predicted molar refractivity (Wildman–Crippen MR) is 127 cm³/mol. The van der Waals surface area contributed by atoms with Crippen molar-refractivity contribution >= 4 is 0 Å². The van der Waals surface area contributed by atoms with Gasteiger partial charge in [0.1, 0.15) is 11.6 Å². The van der Waals surface area contributed by atoms with E-state index in [-0.39, 0.29) is 5.56 Å². The third-order valence-electron chi connectivity index (χ3n) is 6.63. The Morgan fingerprint density at radius 2 is 1.91 bits per heavy atom. The van der Waals surface area contributed by atoms with Crippen LogP contribution in [0.4, 0.5) is 0 Å². The maximum absolute atomic E-state index is 12.6. The fourth-order valence-corrected chi connectivity index (χ4v) is 4.64. The number of aromatic amines is 1. The highest BCUT2D eigenvalue weighted by molar-refractivity contribution is 5.53. The van der Waals surface area contributed by atoms with E-state index >= 15 is 0 Å². The average molecular weight is 447 g/mol. The number of nitrogens with zero attached hydrogens (tertiary/aromatic N) is 5. The number of aromatic nitrogens is 3. The zero-order valence-electron chi connectivity index (χ0n) is 19.0. The van der Waals surface area contributed by atoms with Gasteiger partial charge < -0.3 is 15.0 Å². The zero-order chi connectivity index (χ0) is 22.8. The summed E-state index contributed by atoms with van der Waals surface area (Å²) in [5.41, 5.74) is 4.50. The molecule has 3 aromatic rings. The van der Waals surface area contributed by atoms with Gasteiger partial charge in [0.25, 0.3) is 5.56 Å². The van der Waals surface area contributed by atoms with Crippen molar-refractivity contribution in [3.63, 3.8) is 0 Å². The second-order valence-corrected chi connectivity index (χ2v) is 9.08. The molecular weight excluding hydrogens is 416 g/mol. The van der Waals surface area contributed by atoms with E-state index in [2.05, 4.69) is 37.8 Å². The summed E-state index contributed by atoms with van der Waals surface area (Å²) in [6, 6.07) is 9.66. The second kappa shape index (κ2) is 9.43. The van der Waals surface area contributed by atoms with Crippen molar-refractivity contribution in [2.24, 2.45) is 0 Å². The Bertz CT molecular complexity index is 1170. The number of nitrogens with one attached hydrogen (secondary N) is 1. The summed E-state index contributed by atoms with van der Waals surface area (Å²) in [7, 11) is 2.15. The summed E-state index contributed by atoms with van der Waals surface area (Å²) in [6.07, 6.45) is 4.10. The highest BCUT2D eigenvalue weighted by Crippen LogP contribution is 2.24. The zero-order valence-corrected chi connectivity index (χ0v) is 19.0. The van der Waals surface area contributed by atoms with Crippen molar-refractivity contribution in [3.05, 3.63) is 75.5 Å². The molecule has 0 unspecified atom stereocenters. The van der Waals surface area contributed by atoms with Crippen LogP contribution in [0.3, 0.4) is 0 Å². The van der Waals surface area contributed by atoms with Crippen LogP contribution >= 0.6 is 0 Å². The third kappa shape index (κ3) is 4.98. The van der Waals surface area contributed by atoms with Gasteiger partial charge in [-0.05, 0) is 43.3 Å². The Labute approximate surface area is 193 Å². The second-order valence-electron chi connectivity index (χ2n) is 9.08. The number of hydrogen-bond acceptors (Lipinski definition) is 7. The van der Waals surface area contributed by atoms with Crippen LogP contribution in [0.2, 0.25) is 0 Å². The molecule has 2 aliphatic heterocycles. The molecule has 5 rings (SSSR count). The number of likely N-dealkylation sites (N-methyl/N-ethyl adjacent to an activating group) is 1. The molecule has 0 bridgehead atoms. The first-order valence-electron chi connectivity index (χ1n) is 11.5. The minimum Gasteiger partial charge on any atom is -0.508 e. The normalized spacial score (nSPS) is 17.7. The number of H-pyrrole nitrogens is 1. The fraction of sp³-hybridized carbons (Fsp3) is 0.400.